The standard InChI is InChI=1S/C23H24N4O3/c1-16(28)26-12-18-13-27(22(29)20-19-8-5-11-24-21(19)25-30-20)15-23(18,14-26)10-9-17-6-3-2-4-7-17/h2-8,11,18H,9-10,12-15H2,1H3/t18-,23+/m1/s1. The molecule has 7 nitrogen and oxygen atoms in total. The average molecular weight is 404 g/mol. The molecule has 3 aromatic rings. The zero-order valence-corrected chi connectivity index (χ0v) is 17.0. The molecule has 0 radical (unpaired) electrons. The van der Waals surface area contributed by atoms with Crippen LogP contribution in [0.3, 0.4) is 0 Å². The summed E-state index contributed by atoms with van der Waals surface area (Å²) in [6.45, 7) is 4.27. The number of aryl methyl sites for hydroxylation is 1. The number of hydrogen-bond acceptors (Lipinski definition) is 5. The number of amides is 2. The molecule has 0 bridgehead atoms. The van der Waals surface area contributed by atoms with E-state index < -0.39 is 0 Å². The molecule has 1 aromatic carbocycles. The van der Waals surface area contributed by atoms with Crippen LogP contribution in [0.1, 0.15) is 29.5 Å². The molecule has 0 N–H and O–H groups in total. The van der Waals surface area contributed by atoms with Crippen molar-refractivity contribution in [2.75, 3.05) is 26.2 Å². The van der Waals surface area contributed by atoms with E-state index in [4.69, 9.17) is 4.52 Å². The minimum Gasteiger partial charge on any atom is -0.348 e. The average Bonchev–Trinajstić information content (AvgIpc) is 3.43. The number of nitrogens with zero attached hydrogens (tertiary/aromatic N) is 4. The Bertz CT molecular complexity index is 1100. The predicted octanol–water partition coefficient (Wildman–Crippen LogP) is 2.78. The number of likely N-dealkylation sites (tertiary alicyclic amines) is 2. The Morgan fingerprint density at radius 1 is 1.10 bits per heavy atom. The molecule has 0 saturated carbocycles. The number of pyridine rings is 1. The van der Waals surface area contributed by atoms with Gasteiger partial charge in [-0.2, -0.15) is 0 Å². The fourth-order valence-electron chi connectivity index (χ4n) is 5.05. The first-order valence-electron chi connectivity index (χ1n) is 10.3. The van der Waals surface area contributed by atoms with Crippen molar-refractivity contribution < 1.29 is 14.1 Å². The summed E-state index contributed by atoms with van der Waals surface area (Å²) in [6.07, 6.45) is 3.50. The number of hydrogen-bond donors (Lipinski definition) is 0. The van der Waals surface area contributed by atoms with Crippen molar-refractivity contribution in [3.05, 3.63) is 60.0 Å². The summed E-state index contributed by atoms with van der Waals surface area (Å²) < 4.78 is 5.36. The lowest BCUT2D eigenvalue weighted by molar-refractivity contribution is -0.128. The summed E-state index contributed by atoms with van der Waals surface area (Å²) in [7, 11) is 0. The summed E-state index contributed by atoms with van der Waals surface area (Å²) in [6, 6.07) is 14.0. The van der Waals surface area contributed by atoms with Gasteiger partial charge in [-0.1, -0.05) is 35.5 Å². The van der Waals surface area contributed by atoms with Gasteiger partial charge in [0, 0.05) is 50.6 Å². The molecule has 2 aliphatic heterocycles. The van der Waals surface area contributed by atoms with Crippen LogP contribution in [0.2, 0.25) is 0 Å². The third-order valence-corrected chi connectivity index (χ3v) is 6.69. The van der Waals surface area contributed by atoms with Crippen LogP contribution in [-0.4, -0.2) is 57.9 Å². The van der Waals surface area contributed by atoms with E-state index in [1.54, 1.807) is 19.2 Å². The van der Waals surface area contributed by atoms with Gasteiger partial charge in [-0.15, -0.1) is 0 Å². The summed E-state index contributed by atoms with van der Waals surface area (Å²) >= 11 is 0. The molecule has 2 saturated heterocycles. The van der Waals surface area contributed by atoms with Gasteiger partial charge in [-0.3, -0.25) is 9.59 Å². The zero-order valence-electron chi connectivity index (χ0n) is 17.0. The van der Waals surface area contributed by atoms with Crippen LogP contribution >= 0.6 is 0 Å². The van der Waals surface area contributed by atoms with E-state index in [-0.39, 0.29) is 28.9 Å². The number of aromatic nitrogens is 2. The van der Waals surface area contributed by atoms with Gasteiger partial charge in [0.15, 0.2) is 0 Å². The maximum atomic E-state index is 13.3. The molecule has 154 valence electrons. The number of carbonyl (C=O) groups is 2. The predicted molar refractivity (Wildman–Crippen MR) is 111 cm³/mol. The van der Waals surface area contributed by atoms with Gasteiger partial charge in [0.25, 0.3) is 5.91 Å². The minimum absolute atomic E-state index is 0.0920. The third kappa shape index (κ3) is 3.14. The number of benzene rings is 1. The monoisotopic (exact) mass is 404 g/mol. The van der Waals surface area contributed by atoms with Gasteiger partial charge in [0.1, 0.15) is 0 Å². The third-order valence-electron chi connectivity index (χ3n) is 6.69. The second-order valence-corrected chi connectivity index (χ2v) is 8.52. The van der Waals surface area contributed by atoms with Crippen molar-refractivity contribution in [3.8, 4) is 0 Å². The molecule has 2 aliphatic rings. The van der Waals surface area contributed by atoms with Crippen LogP contribution in [0.5, 0.6) is 0 Å². The Balaban J connectivity index is 1.39. The lowest BCUT2D eigenvalue weighted by Crippen LogP contribution is -2.38. The molecule has 0 spiro atoms. The summed E-state index contributed by atoms with van der Waals surface area (Å²) in [5.41, 5.74) is 1.64. The molecule has 7 heteroatoms. The molecule has 4 heterocycles. The van der Waals surface area contributed by atoms with Gasteiger partial charge >= 0.3 is 0 Å². The summed E-state index contributed by atoms with van der Waals surface area (Å²) in [4.78, 5) is 33.3. The van der Waals surface area contributed by atoms with E-state index in [0.717, 1.165) is 12.8 Å². The summed E-state index contributed by atoms with van der Waals surface area (Å²) in [5.74, 6) is 0.475. The normalized spacial score (nSPS) is 23.2. The lowest BCUT2D eigenvalue weighted by Gasteiger charge is -2.29. The van der Waals surface area contributed by atoms with Crippen molar-refractivity contribution in [2.45, 2.75) is 19.8 Å². The number of rotatable bonds is 4. The van der Waals surface area contributed by atoms with Crippen LogP contribution in [0.15, 0.2) is 53.2 Å². The lowest BCUT2D eigenvalue weighted by atomic mass is 9.76. The molecule has 2 amide bonds. The van der Waals surface area contributed by atoms with Gasteiger partial charge in [-0.25, -0.2) is 4.98 Å². The molecule has 5 rings (SSSR count). The van der Waals surface area contributed by atoms with E-state index in [9.17, 15) is 9.59 Å². The van der Waals surface area contributed by atoms with E-state index >= 15 is 0 Å². The Kier molecular flexibility index (Phi) is 4.53. The Labute approximate surface area is 174 Å². The SMILES string of the molecule is CC(=O)N1C[C@@H]2CN(C(=O)c3onc4ncccc34)C[C@]2(CCc2ccccc2)C1. The molecule has 2 aromatic heterocycles. The fraction of sp³-hybridized carbons (Fsp3) is 0.391. The van der Waals surface area contributed by atoms with Crippen LogP contribution in [-0.2, 0) is 11.2 Å². The molecule has 0 aliphatic carbocycles. The van der Waals surface area contributed by atoms with Crippen molar-refractivity contribution in [1.82, 2.24) is 19.9 Å². The first-order valence-corrected chi connectivity index (χ1v) is 10.3. The van der Waals surface area contributed by atoms with Crippen LogP contribution in [0.4, 0.5) is 0 Å². The van der Waals surface area contributed by atoms with Crippen molar-refractivity contribution in [3.63, 3.8) is 0 Å². The Hall–Kier alpha value is -3.22. The first-order chi connectivity index (χ1) is 14.6. The van der Waals surface area contributed by atoms with Crippen molar-refractivity contribution in [1.29, 1.82) is 0 Å². The molecule has 2 fully saturated rings. The molecule has 2 atom stereocenters. The highest BCUT2D eigenvalue weighted by Crippen LogP contribution is 2.46. The van der Waals surface area contributed by atoms with Crippen molar-refractivity contribution >= 4 is 22.8 Å². The smallest absolute Gasteiger partial charge is 0.293 e. The van der Waals surface area contributed by atoms with E-state index in [1.807, 2.05) is 21.9 Å². The van der Waals surface area contributed by atoms with Crippen LogP contribution < -0.4 is 0 Å². The highest BCUT2D eigenvalue weighted by molar-refractivity contribution is 6.02. The van der Waals surface area contributed by atoms with Crippen molar-refractivity contribution in [2.24, 2.45) is 11.3 Å². The second kappa shape index (κ2) is 7.23. The molecular formula is C23H24N4O3. The maximum absolute atomic E-state index is 13.3. The second-order valence-electron chi connectivity index (χ2n) is 8.52. The summed E-state index contributed by atoms with van der Waals surface area (Å²) in [5, 5.41) is 4.57. The van der Waals surface area contributed by atoms with Gasteiger partial charge < -0.3 is 14.3 Å². The van der Waals surface area contributed by atoms with E-state index in [2.05, 4.69) is 34.4 Å². The molecular weight excluding hydrogens is 380 g/mol. The first kappa shape index (κ1) is 18.8. The van der Waals surface area contributed by atoms with Gasteiger partial charge in [0.05, 0.1) is 5.39 Å². The van der Waals surface area contributed by atoms with Gasteiger partial charge in [-0.05, 0) is 30.5 Å². The highest BCUT2D eigenvalue weighted by atomic mass is 16.5. The molecule has 30 heavy (non-hydrogen) atoms. The quantitative estimate of drug-likeness (QED) is 0.668. The maximum Gasteiger partial charge on any atom is 0.293 e. The van der Waals surface area contributed by atoms with Gasteiger partial charge in [0.2, 0.25) is 17.3 Å². The van der Waals surface area contributed by atoms with E-state index in [1.165, 1.54) is 5.56 Å². The van der Waals surface area contributed by atoms with E-state index in [0.29, 0.717) is 37.2 Å². The fourth-order valence-corrected chi connectivity index (χ4v) is 5.05. The number of fused-ring (bicyclic) bond motifs is 2. The topological polar surface area (TPSA) is 79.5 Å². The largest absolute Gasteiger partial charge is 0.348 e. The van der Waals surface area contributed by atoms with Crippen LogP contribution in [0, 0.1) is 11.3 Å². The minimum atomic E-state index is -0.145. The zero-order chi connectivity index (χ0) is 20.7. The Morgan fingerprint density at radius 3 is 2.67 bits per heavy atom. The van der Waals surface area contributed by atoms with Crippen LogP contribution in [0.25, 0.3) is 11.0 Å². The highest BCUT2D eigenvalue weighted by Gasteiger charge is 2.54. The number of carbonyl (C=O) groups excluding carboxylic acids is 2. The molecule has 0 unspecified atom stereocenters. The Morgan fingerprint density at radius 2 is 1.87 bits per heavy atom.